The summed E-state index contributed by atoms with van der Waals surface area (Å²) < 4.78 is 0. The highest BCUT2D eigenvalue weighted by Crippen LogP contribution is 2.18. The fraction of sp³-hybridized carbons (Fsp3) is 0.125. The Morgan fingerprint density at radius 3 is 2.47 bits per heavy atom. The van der Waals surface area contributed by atoms with Crippen molar-refractivity contribution in [2.45, 2.75) is 11.0 Å². The highest BCUT2D eigenvalue weighted by molar-refractivity contribution is 7.98. The van der Waals surface area contributed by atoms with E-state index in [0.717, 1.165) is 5.56 Å². The third kappa shape index (κ3) is 3.78. The third-order valence-corrected chi connectivity index (χ3v) is 3.37. The Morgan fingerprint density at radius 1 is 1.11 bits per heavy atom. The quantitative estimate of drug-likeness (QED) is 0.650. The van der Waals surface area contributed by atoms with E-state index >= 15 is 0 Å². The standard InChI is InChI=1S/C16H14O2S/c1-19-15-8-5-12(6-9-15)7-10-16(18)13-3-2-4-14(17)11-13/h2-6,8-9,11,16-18H,1H3/t16-/m1/s1. The number of aromatic hydroxyl groups is 1. The van der Waals surface area contributed by atoms with Gasteiger partial charge in [0.2, 0.25) is 0 Å². The van der Waals surface area contributed by atoms with Gasteiger partial charge in [-0.2, -0.15) is 0 Å². The average molecular weight is 270 g/mol. The van der Waals surface area contributed by atoms with Gasteiger partial charge in [-0.25, -0.2) is 0 Å². The van der Waals surface area contributed by atoms with Crippen LogP contribution in [0.2, 0.25) is 0 Å². The SMILES string of the molecule is CSc1ccc(C#C[C@@H](O)c2cccc(O)c2)cc1. The zero-order valence-corrected chi connectivity index (χ0v) is 11.3. The van der Waals surface area contributed by atoms with Crippen LogP contribution in [0.3, 0.4) is 0 Å². The topological polar surface area (TPSA) is 40.5 Å². The normalized spacial score (nSPS) is 11.5. The first-order valence-electron chi connectivity index (χ1n) is 5.81. The lowest BCUT2D eigenvalue weighted by molar-refractivity contribution is 0.238. The van der Waals surface area contributed by atoms with E-state index in [2.05, 4.69) is 11.8 Å². The van der Waals surface area contributed by atoms with E-state index in [1.165, 1.54) is 11.0 Å². The maximum Gasteiger partial charge on any atom is 0.140 e. The van der Waals surface area contributed by atoms with Gasteiger partial charge in [-0.05, 0) is 48.2 Å². The van der Waals surface area contributed by atoms with Gasteiger partial charge < -0.3 is 10.2 Å². The second-order valence-corrected chi connectivity index (χ2v) is 4.88. The largest absolute Gasteiger partial charge is 0.508 e. The number of phenols is 1. The number of hydrogen-bond donors (Lipinski definition) is 2. The van der Waals surface area contributed by atoms with E-state index in [4.69, 9.17) is 0 Å². The molecule has 2 rings (SSSR count). The Labute approximate surface area is 117 Å². The number of aliphatic hydroxyl groups excluding tert-OH is 1. The molecule has 0 radical (unpaired) electrons. The van der Waals surface area contributed by atoms with Crippen LogP contribution in [0.1, 0.15) is 17.2 Å². The molecule has 2 N–H and O–H groups in total. The van der Waals surface area contributed by atoms with Gasteiger partial charge in [0.15, 0.2) is 0 Å². The van der Waals surface area contributed by atoms with Gasteiger partial charge in [-0.3, -0.25) is 0 Å². The van der Waals surface area contributed by atoms with E-state index in [1.54, 1.807) is 30.0 Å². The Balaban J connectivity index is 2.14. The lowest BCUT2D eigenvalue weighted by Crippen LogP contribution is -1.93. The fourth-order valence-corrected chi connectivity index (χ4v) is 2.01. The predicted molar refractivity (Wildman–Crippen MR) is 78.2 cm³/mol. The van der Waals surface area contributed by atoms with Crippen molar-refractivity contribution in [3.05, 3.63) is 59.7 Å². The fourth-order valence-electron chi connectivity index (χ4n) is 1.60. The molecule has 3 heteroatoms. The summed E-state index contributed by atoms with van der Waals surface area (Å²) in [4.78, 5) is 1.18. The minimum absolute atomic E-state index is 0.127. The smallest absolute Gasteiger partial charge is 0.140 e. The van der Waals surface area contributed by atoms with Crippen molar-refractivity contribution in [3.8, 4) is 17.6 Å². The van der Waals surface area contributed by atoms with Crippen molar-refractivity contribution in [3.63, 3.8) is 0 Å². The monoisotopic (exact) mass is 270 g/mol. The van der Waals surface area contributed by atoms with Crippen LogP contribution in [0.15, 0.2) is 53.4 Å². The summed E-state index contributed by atoms with van der Waals surface area (Å²) >= 11 is 1.68. The van der Waals surface area contributed by atoms with Gasteiger partial charge >= 0.3 is 0 Å². The van der Waals surface area contributed by atoms with Crippen LogP contribution < -0.4 is 0 Å². The zero-order chi connectivity index (χ0) is 13.7. The lowest BCUT2D eigenvalue weighted by atomic mass is 10.1. The summed E-state index contributed by atoms with van der Waals surface area (Å²) in [6.07, 6.45) is 1.12. The molecule has 0 spiro atoms. The van der Waals surface area contributed by atoms with Gasteiger partial charge in [0.1, 0.15) is 11.9 Å². The summed E-state index contributed by atoms with van der Waals surface area (Å²) in [6, 6.07) is 14.3. The Bertz CT molecular complexity index is 609. The van der Waals surface area contributed by atoms with Crippen molar-refractivity contribution >= 4 is 11.8 Å². The number of hydrogen-bond acceptors (Lipinski definition) is 3. The van der Waals surface area contributed by atoms with Gasteiger partial charge in [-0.15, -0.1) is 11.8 Å². The summed E-state index contributed by atoms with van der Waals surface area (Å²) in [6.45, 7) is 0. The van der Waals surface area contributed by atoms with E-state index < -0.39 is 6.10 Å². The predicted octanol–water partition coefficient (Wildman–Crippen LogP) is 3.20. The number of phenolic OH excluding ortho intramolecular Hbond substituents is 1. The van der Waals surface area contributed by atoms with E-state index in [0.29, 0.717) is 5.56 Å². The van der Waals surface area contributed by atoms with Crippen molar-refractivity contribution in [2.24, 2.45) is 0 Å². The first kappa shape index (κ1) is 13.5. The van der Waals surface area contributed by atoms with Crippen LogP contribution in [0, 0.1) is 11.8 Å². The van der Waals surface area contributed by atoms with Crippen LogP contribution in [-0.2, 0) is 0 Å². The van der Waals surface area contributed by atoms with Crippen LogP contribution in [0.5, 0.6) is 5.75 Å². The van der Waals surface area contributed by atoms with Crippen LogP contribution >= 0.6 is 11.8 Å². The Morgan fingerprint density at radius 2 is 1.84 bits per heavy atom. The molecule has 0 saturated carbocycles. The van der Waals surface area contributed by atoms with Crippen LogP contribution in [0.4, 0.5) is 0 Å². The number of benzene rings is 2. The molecule has 19 heavy (non-hydrogen) atoms. The molecule has 0 saturated heterocycles. The first-order chi connectivity index (χ1) is 9.19. The number of thioether (sulfide) groups is 1. The number of rotatable bonds is 2. The first-order valence-corrected chi connectivity index (χ1v) is 7.04. The molecular weight excluding hydrogens is 256 g/mol. The molecule has 2 aromatic carbocycles. The molecule has 2 nitrogen and oxygen atoms in total. The molecule has 0 bridgehead atoms. The molecule has 0 aliphatic heterocycles. The molecule has 96 valence electrons. The highest BCUT2D eigenvalue weighted by Gasteiger charge is 2.03. The minimum Gasteiger partial charge on any atom is -0.508 e. The van der Waals surface area contributed by atoms with Gasteiger partial charge in [0, 0.05) is 10.5 Å². The summed E-state index contributed by atoms with van der Waals surface area (Å²) in [5.41, 5.74) is 1.45. The maximum absolute atomic E-state index is 9.92. The van der Waals surface area contributed by atoms with E-state index in [-0.39, 0.29) is 5.75 Å². The van der Waals surface area contributed by atoms with Crippen molar-refractivity contribution < 1.29 is 10.2 Å². The van der Waals surface area contributed by atoms with Gasteiger partial charge in [0.25, 0.3) is 0 Å². The zero-order valence-electron chi connectivity index (χ0n) is 10.5. The summed E-state index contributed by atoms with van der Waals surface area (Å²) in [7, 11) is 0. The molecule has 0 aromatic heterocycles. The van der Waals surface area contributed by atoms with Crippen molar-refractivity contribution in [2.75, 3.05) is 6.26 Å². The molecule has 0 amide bonds. The van der Waals surface area contributed by atoms with Crippen LogP contribution in [0.25, 0.3) is 0 Å². The summed E-state index contributed by atoms with van der Waals surface area (Å²) in [5, 5.41) is 19.3. The van der Waals surface area contributed by atoms with Crippen molar-refractivity contribution in [1.82, 2.24) is 0 Å². The average Bonchev–Trinajstić information content (AvgIpc) is 2.45. The third-order valence-electron chi connectivity index (χ3n) is 2.63. The lowest BCUT2D eigenvalue weighted by Gasteiger charge is -2.03. The minimum atomic E-state index is -0.896. The number of aliphatic hydroxyl groups is 1. The van der Waals surface area contributed by atoms with E-state index in [1.807, 2.05) is 30.5 Å². The van der Waals surface area contributed by atoms with Gasteiger partial charge in [0.05, 0.1) is 0 Å². The van der Waals surface area contributed by atoms with Crippen LogP contribution in [-0.4, -0.2) is 16.5 Å². The highest BCUT2D eigenvalue weighted by atomic mass is 32.2. The second kappa shape index (κ2) is 6.33. The molecule has 0 heterocycles. The second-order valence-electron chi connectivity index (χ2n) is 4.00. The molecule has 0 aliphatic carbocycles. The van der Waals surface area contributed by atoms with E-state index in [9.17, 15) is 10.2 Å². The van der Waals surface area contributed by atoms with Crippen molar-refractivity contribution in [1.29, 1.82) is 0 Å². The molecule has 0 fully saturated rings. The Kier molecular flexibility index (Phi) is 4.51. The molecule has 1 atom stereocenters. The molecule has 0 unspecified atom stereocenters. The molecule has 0 aliphatic rings. The Hall–Kier alpha value is -1.89. The van der Waals surface area contributed by atoms with Gasteiger partial charge in [-0.1, -0.05) is 24.0 Å². The maximum atomic E-state index is 9.92. The molecule has 2 aromatic rings. The summed E-state index contributed by atoms with van der Waals surface area (Å²) in [5.74, 6) is 5.82. The molecular formula is C16H14O2S.